The predicted octanol–water partition coefficient (Wildman–Crippen LogP) is 3.21. The second-order valence-corrected chi connectivity index (χ2v) is 8.30. The topological polar surface area (TPSA) is 72.2 Å². The summed E-state index contributed by atoms with van der Waals surface area (Å²) in [5.41, 5.74) is 0.815. The first kappa shape index (κ1) is 21.6. The standard InChI is InChI=1S/C25H25FN2O5/c1-31-18-6-7-19-20(15-18)33-24-21(23(19)29)22(16-4-2-5-17(26)14-16)28(25(24)30)9-3-8-27-10-12-32-13-11-27/h2,4-7,14-15,22H,3,8-13H2,1H3/t22-/m0/s1. The number of nitrogens with zero attached hydrogens (tertiary/aromatic N) is 2. The molecule has 3 heterocycles. The molecule has 1 fully saturated rings. The van der Waals surface area contributed by atoms with Gasteiger partial charge in [-0.25, -0.2) is 4.39 Å². The van der Waals surface area contributed by atoms with Crippen molar-refractivity contribution >= 4 is 16.9 Å². The molecule has 172 valence electrons. The van der Waals surface area contributed by atoms with Crippen molar-refractivity contribution in [3.8, 4) is 5.75 Å². The molecule has 1 aromatic heterocycles. The monoisotopic (exact) mass is 452 g/mol. The number of morpholine rings is 1. The molecule has 0 bridgehead atoms. The molecule has 0 N–H and O–H groups in total. The number of ether oxygens (including phenoxy) is 2. The Labute approximate surface area is 190 Å². The molecule has 33 heavy (non-hydrogen) atoms. The number of carbonyl (C=O) groups excluding carboxylic acids is 1. The van der Waals surface area contributed by atoms with Gasteiger partial charge in [0.1, 0.15) is 17.1 Å². The van der Waals surface area contributed by atoms with E-state index in [1.807, 2.05) is 0 Å². The van der Waals surface area contributed by atoms with Gasteiger partial charge < -0.3 is 18.8 Å². The van der Waals surface area contributed by atoms with Crippen molar-refractivity contribution in [3.05, 3.63) is 75.4 Å². The maximum atomic E-state index is 14.1. The third kappa shape index (κ3) is 4.00. The summed E-state index contributed by atoms with van der Waals surface area (Å²) < 4.78 is 30.7. The molecule has 0 aliphatic carbocycles. The molecule has 1 amide bonds. The number of benzene rings is 2. The summed E-state index contributed by atoms with van der Waals surface area (Å²) in [6, 6.07) is 10.3. The molecule has 1 saturated heterocycles. The van der Waals surface area contributed by atoms with Crippen molar-refractivity contribution in [3.63, 3.8) is 0 Å². The summed E-state index contributed by atoms with van der Waals surface area (Å²) in [6.45, 7) is 4.34. The summed E-state index contributed by atoms with van der Waals surface area (Å²) >= 11 is 0. The van der Waals surface area contributed by atoms with Crippen LogP contribution in [0.25, 0.3) is 11.0 Å². The minimum Gasteiger partial charge on any atom is -0.497 e. The van der Waals surface area contributed by atoms with Crippen LogP contribution >= 0.6 is 0 Å². The van der Waals surface area contributed by atoms with Crippen molar-refractivity contribution in [2.75, 3.05) is 46.5 Å². The molecular weight excluding hydrogens is 427 g/mol. The Bertz CT molecular complexity index is 1250. The minimum atomic E-state index is -0.698. The first-order valence-corrected chi connectivity index (χ1v) is 11.1. The molecule has 5 rings (SSSR count). The van der Waals surface area contributed by atoms with Gasteiger partial charge in [-0.2, -0.15) is 0 Å². The zero-order chi connectivity index (χ0) is 22.9. The Morgan fingerprint density at radius 1 is 1.09 bits per heavy atom. The van der Waals surface area contributed by atoms with Crippen molar-refractivity contribution in [1.82, 2.24) is 9.80 Å². The smallest absolute Gasteiger partial charge is 0.290 e. The Balaban J connectivity index is 1.54. The minimum absolute atomic E-state index is 0.0152. The number of hydrogen-bond acceptors (Lipinski definition) is 6. The fraction of sp³-hybridized carbons (Fsp3) is 0.360. The largest absolute Gasteiger partial charge is 0.497 e. The molecule has 7 nitrogen and oxygen atoms in total. The number of hydrogen-bond donors (Lipinski definition) is 0. The van der Waals surface area contributed by atoms with E-state index in [1.54, 1.807) is 35.2 Å². The van der Waals surface area contributed by atoms with Gasteiger partial charge in [-0.05, 0) is 36.2 Å². The zero-order valence-corrected chi connectivity index (χ0v) is 18.4. The predicted molar refractivity (Wildman–Crippen MR) is 120 cm³/mol. The summed E-state index contributed by atoms with van der Waals surface area (Å²) in [5, 5.41) is 0.360. The summed E-state index contributed by atoms with van der Waals surface area (Å²) in [4.78, 5) is 30.9. The number of rotatable bonds is 6. The van der Waals surface area contributed by atoms with E-state index < -0.39 is 11.9 Å². The Morgan fingerprint density at radius 3 is 2.67 bits per heavy atom. The first-order valence-electron chi connectivity index (χ1n) is 11.1. The van der Waals surface area contributed by atoms with E-state index in [1.165, 1.54) is 19.2 Å². The fourth-order valence-corrected chi connectivity index (χ4v) is 4.67. The Kier molecular flexibility index (Phi) is 5.86. The molecule has 0 unspecified atom stereocenters. The number of carbonyl (C=O) groups is 1. The average Bonchev–Trinajstić information content (AvgIpc) is 3.11. The van der Waals surface area contributed by atoms with Gasteiger partial charge in [0.15, 0.2) is 5.43 Å². The third-order valence-electron chi connectivity index (χ3n) is 6.32. The molecule has 0 spiro atoms. The van der Waals surface area contributed by atoms with Gasteiger partial charge >= 0.3 is 0 Å². The van der Waals surface area contributed by atoms with Crippen LogP contribution in [0, 0.1) is 5.82 Å². The first-order chi connectivity index (χ1) is 16.1. The highest BCUT2D eigenvalue weighted by atomic mass is 19.1. The van der Waals surface area contributed by atoms with E-state index in [2.05, 4.69) is 4.90 Å². The molecule has 0 saturated carbocycles. The maximum Gasteiger partial charge on any atom is 0.290 e. The maximum absolute atomic E-state index is 14.1. The van der Waals surface area contributed by atoms with E-state index in [0.717, 1.165) is 19.6 Å². The molecule has 8 heteroatoms. The van der Waals surface area contributed by atoms with E-state index >= 15 is 0 Å². The Hall–Kier alpha value is -3.23. The second-order valence-electron chi connectivity index (χ2n) is 8.30. The highest BCUT2D eigenvalue weighted by Gasteiger charge is 2.42. The average molecular weight is 452 g/mol. The fourth-order valence-electron chi connectivity index (χ4n) is 4.67. The quantitative estimate of drug-likeness (QED) is 0.572. The van der Waals surface area contributed by atoms with Crippen LogP contribution in [0.5, 0.6) is 5.75 Å². The summed E-state index contributed by atoms with van der Waals surface area (Å²) in [6.07, 6.45) is 0.715. The van der Waals surface area contributed by atoms with Crippen LogP contribution in [0.4, 0.5) is 4.39 Å². The summed E-state index contributed by atoms with van der Waals surface area (Å²) in [7, 11) is 1.52. The second kappa shape index (κ2) is 8.96. The lowest BCUT2D eigenvalue weighted by molar-refractivity contribution is 0.0353. The Morgan fingerprint density at radius 2 is 1.91 bits per heavy atom. The van der Waals surface area contributed by atoms with Crippen LogP contribution in [0.1, 0.15) is 34.1 Å². The highest BCUT2D eigenvalue weighted by molar-refractivity contribution is 5.99. The number of fused-ring (bicyclic) bond motifs is 2. The number of methoxy groups -OCH3 is 1. The molecule has 0 radical (unpaired) electrons. The molecule has 2 aliphatic rings. The van der Waals surface area contributed by atoms with Crippen LogP contribution in [-0.4, -0.2) is 62.2 Å². The normalized spacial score (nSPS) is 18.7. The zero-order valence-electron chi connectivity index (χ0n) is 18.4. The number of halogens is 1. The SMILES string of the molecule is COc1ccc2c(=O)c3c(oc2c1)C(=O)N(CCCN1CCOCC1)[C@H]3c1cccc(F)c1. The van der Waals surface area contributed by atoms with E-state index in [4.69, 9.17) is 13.9 Å². The van der Waals surface area contributed by atoms with Gasteiger partial charge in [0.25, 0.3) is 5.91 Å². The van der Waals surface area contributed by atoms with E-state index in [0.29, 0.717) is 48.5 Å². The van der Waals surface area contributed by atoms with Crippen LogP contribution in [0.3, 0.4) is 0 Å². The van der Waals surface area contributed by atoms with Crippen LogP contribution in [0.2, 0.25) is 0 Å². The van der Waals surface area contributed by atoms with Gasteiger partial charge in [0.2, 0.25) is 5.76 Å². The van der Waals surface area contributed by atoms with Crippen molar-refractivity contribution < 1.29 is 23.1 Å². The van der Waals surface area contributed by atoms with Crippen molar-refractivity contribution in [1.29, 1.82) is 0 Å². The van der Waals surface area contributed by atoms with Crippen LogP contribution < -0.4 is 10.2 Å². The lowest BCUT2D eigenvalue weighted by Crippen LogP contribution is -2.38. The molecule has 1 atom stereocenters. The lowest BCUT2D eigenvalue weighted by atomic mass is 9.98. The lowest BCUT2D eigenvalue weighted by Gasteiger charge is -2.29. The molecule has 2 aliphatic heterocycles. The number of amides is 1. The summed E-state index contributed by atoms with van der Waals surface area (Å²) in [5.74, 6) is -0.235. The van der Waals surface area contributed by atoms with Crippen LogP contribution in [-0.2, 0) is 4.74 Å². The molecule has 3 aromatic rings. The van der Waals surface area contributed by atoms with Gasteiger partial charge in [-0.1, -0.05) is 12.1 Å². The van der Waals surface area contributed by atoms with E-state index in [-0.39, 0.29) is 22.7 Å². The van der Waals surface area contributed by atoms with Gasteiger partial charge in [-0.3, -0.25) is 14.5 Å². The van der Waals surface area contributed by atoms with Gasteiger partial charge in [-0.15, -0.1) is 0 Å². The van der Waals surface area contributed by atoms with Crippen LogP contribution in [0.15, 0.2) is 51.7 Å². The highest BCUT2D eigenvalue weighted by Crippen LogP contribution is 2.38. The van der Waals surface area contributed by atoms with Gasteiger partial charge in [0.05, 0.1) is 37.3 Å². The van der Waals surface area contributed by atoms with Gasteiger partial charge in [0, 0.05) is 32.2 Å². The third-order valence-corrected chi connectivity index (χ3v) is 6.32. The van der Waals surface area contributed by atoms with E-state index in [9.17, 15) is 14.0 Å². The van der Waals surface area contributed by atoms with Crippen molar-refractivity contribution in [2.45, 2.75) is 12.5 Å². The molecular formula is C25H25FN2O5. The molecule has 2 aromatic carbocycles. The van der Waals surface area contributed by atoms with Crippen molar-refractivity contribution in [2.24, 2.45) is 0 Å².